The predicted molar refractivity (Wildman–Crippen MR) is 85.0 cm³/mol. The Balaban J connectivity index is 1.75. The van der Waals surface area contributed by atoms with Gasteiger partial charge in [0.1, 0.15) is 0 Å². The number of piperidine rings is 3. The Bertz CT molecular complexity index is 621. The normalized spacial score (nSPS) is 32.0. The van der Waals surface area contributed by atoms with Crippen LogP contribution < -0.4 is 0 Å². The Morgan fingerprint density at radius 2 is 2.05 bits per heavy atom. The standard InChI is InChI=1S/C17H23NO2S/c1-3-14-11-18-9-8-15(14)10-16(18)12-21(19,20)17-6-4-13(2)5-7-17/h3-7,14-16H,1,8-12H2,2H3/t14-,15-,16+/m0/s1. The Morgan fingerprint density at radius 1 is 1.33 bits per heavy atom. The molecule has 2 bridgehead atoms. The molecule has 114 valence electrons. The van der Waals surface area contributed by atoms with Gasteiger partial charge < -0.3 is 0 Å². The maximum absolute atomic E-state index is 12.6. The molecule has 0 amide bonds. The van der Waals surface area contributed by atoms with E-state index in [1.165, 1.54) is 6.42 Å². The van der Waals surface area contributed by atoms with E-state index in [-0.39, 0.29) is 11.8 Å². The quantitative estimate of drug-likeness (QED) is 0.803. The fourth-order valence-corrected chi connectivity index (χ4v) is 5.31. The number of aryl methyl sites for hydroxylation is 1. The third kappa shape index (κ3) is 2.92. The average Bonchev–Trinajstić information content (AvgIpc) is 2.48. The van der Waals surface area contributed by atoms with E-state index < -0.39 is 9.84 Å². The average molecular weight is 305 g/mol. The highest BCUT2D eigenvalue weighted by atomic mass is 32.2. The molecule has 3 saturated heterocycles. The van der Waals surface area contributed by atoms with Gasteiger partial charge >= 0.3 is 0 Å². The molecular weight excluding hydrogens is 282 g/mol. The van der Waals surface area contributed by atoms with E-state index in [4.69, 9.17) is 0 Å². The lowest BCUT2D eigenvalue weighted by Gasteiger charge is -2.49. The molecule has 21 heavy (non-hydrogen) atoms. The molecule has 0 aromatic heterocycles. The van der Waals surface area contributed by atoms with Gasteiger partial charge in [0.2, 0.25) is 0 Å². The van der Waals surface area contributed by atoms with Gasteiger partial charge in [-0.1, -0.05) is 23.8 Å². The molecule has 3 aliphatic rings. The lowest BCUT2D eigenvalue weighted by Crippen LogP contribution is -2.55. The smallest absolute Gasteiger partial charge is 0.179 e. The van der Waals surface area contributed by atoms with Crippen molar-refractivity contribution < 1.29 is 8.42 Å². The highest BCUT2D eigenvalue weighted by Crippen LogP contribution is 2.37. The van der Waals surface area contributed by atoms with E-state index in [0.717, 1.165) is 25.1 Å². The molecule has 4 heteroatoms. The molecule has 1 aromatic rings. The third-order valence-corrected chi connectivity index (χ3v) is 6.84. The molecule has 1 unspecified atom stereocenters. The summed E-state index contributed by atoms with van der Waals surface area (Å²) >= 11 is 0. The summed E-state index contributed by atoms with van der Waals surface area (Å²) < 4.78 is 25.2. The summed E-state index contributed by atoms with van der Waals surface area (Å²) in [7, 11) is -3.19. The van der Waals surface area contributed by atoms with Crippen molar-refractivity contribution in [2.45, 2.75) is 30.7 Å². The van der Waals surface area contributed by atoms with Crippen LogP contribution in [-0.2, 0) is 9.84 Å². The van der Waals surface area contributed by atoms with Crippen LogP contribution in [0.1, 0.15) is 18.4 Å². The van der Waals surface area contributed by atoms with Gasteiger partial charge in [0.25, 0.3) is 0 Å². The fourth-order valence-electron chi connectivity index (χ4n) is 3.72. The maximum Gasteiger partial charge on any atom is 0.179 e. The zero-order chi connectivity index (χ0) is 15.0. The van der Waals surface area contributed by atoms with E-state index in [2.05, 4.69) is 11.5 Å². The van der Waals surface area contributed by atoms with Crippen molar-refractivity contribution >= 4 is 9.84 Å². The Kier molecular flexibility index (Phi) is 3.93. The van der Waals surface area contributed by atoms with E-state index in [0.29, 0.717) is 16.7 Å². The van der Waals surface area contributed by atoms with Crippen molar-refractivity contribution in [1.82, 2.24) is 4.90 Å². The fraction of sp³-hybridized carbons (Fsp3) is 0.529. The number of hydrogen-bond donors (Lipinski definition) is 0. The van der Waals surface area contributed by atoms with Crippen molar-refractivity contribution in [2.24, 2.45) is 11.8 Å². The summed E-state index contributed by atoms with van der Waals surface area (Å²) in [5.41, 5.74) is 1.09. The second kappa shape index (κ2) is 5.58. The van der Waals surface area contributed by atoms with Crippen LogP contribution in [0.5, 0.6) is 0 Å². The van der Waals surface area contributed by atoms with Crippen LogP contribution in [0, 0.1) is 18.8 Å². The molecule has 0 aliphatic carbocycles. The van der Waals surface area contributed by atoms with E-state index in [1.807, 2.05) is 25.1 Å². The van der Waals surface area contributed by atoms with E-state index in [1.54, 1.807) is 12.1 Å². The van der Waals surface area contributed by atoms with Crippen molar-refractivity contribution in [3.05, 3.63) is 42.5 Å². The Labute approximate surface area is 127 Å². The number of rotatable bonds is 4. The number of hydrogen-bond acceptors (Lipinski definition) is 3. The summed E-state index contributed by atoms with van der Waals surface area (Å²) in [5.74, 6) is 1.40. The monoisotopic (exact) mass is 305 g/mol. The van der Waals surface area contributed by atoms with Gasteiger partial charge in [-0.15, -0.1) is 6.58 Å². The first-order valence-electron chi connectivity index (χ1n) is 7.65. The van der Waals surface area contributed by atoms with Gasteiger partial charge in [-0.25, -0.2) is 8.42 Å². The molecule has 3 heterocycles. The Hall–Kier alpha value is -1.13. The van der Waals surface area contributed by atoms with Gasteiger partial charge in [0.15, 0.2) is 9.84 Å². The number of benzene rings is 1. The number of nitrogens with zero attached hydrogens (tertiary/aromatic N) is 1. The topological polar surface area (TPSA) is 37.4 Å². The Morgan fingerprint density at radius 3 is 2.62 bits per heavy atom. The molecule has 0 radical (unpaired) electrons. The van der Waals surface area contributed by atoms with Gasteiger partial charge in [-0.3, -0.25) is 4.90 Å². The maximum atomic E-state index is 12.6. The highest BCUT2D eigenvalue weighted by Gasteiger charge is 2.40. The van der Waals surface area contributed by atoms with Gasteiger partial charge in [0.05, 0.1) is 10.6 Å². The van der Waals surface area contributed by atoms with E-state index in [9.17, 15) is 8.42 Å². The molecule has 0 saturated carbocycles. The van der Waals surface area contributed by atoms with Crippen LogP contribution in [0.4, 0.5) is 0 Å². The van der Waals surface area contributed by atoms with Crippen LogP contribution >= 0.6 is 0 Å². The molecule has 3 aliphatic heterocycles. The minimum absolute atomic E-state index is 0.172. The minimum atomic E-state index is -3.19. The van der Waals surface area contributed by atoms with Crippen molar-refractivity contribution in [3.63, 3.8) is 0 Å². The van der Waals surface area contributed by atoms with Gasteiger partial charge in [-0.2, -0.15) is 0 Å². The summed E-state index contributed by atoms with van der Waals surface area (Å²) in [5, 5.41) is 0. The highest BCUT2D eigenvalue weighted by molar-refractivity contribution is 7.91. The van der Waals surface area contributed by atoms with Crippen LogP contribution in [0.25, 0.3) is 0 Å². The largest absolute Gasteiger partial charge is 0.299 e. The number of fused-ring (bicyclic) bond motifs is 3. The van der Waals surface area contributed by atoms with Gasteiger partial charge in [0, 0.05) is 12.6 Å². The van der Waals surface area contributed by atoms with E-state index >= 15 is 0 Å². The molecule has 4 atom stereocenters. The van der Waals surface area contributed by atoms with Crippen molar-refractivity contribution in [1.29, 1.82) is 0 Å². The van der Waals surface area contributed by atoms with Crippen molar-refractivity contribution in [3.8, 4) is 0 Å². The minimum Gasteiger partial charge on any atom is -0.299 e. The molecular formula is C17H23NO2S. The van der Waals surface area contributed by atoms with Crippen molar-refractivity contribution in [2.75, 3.05) is 18.8 Å². The van der Waals surface area contributed by atoms with Crippen LogP contribution in [0.3, 0.4) is 0 Å². The summed E-state index contributed by atoms with van der Waals surface area (Å²) in [6.45, 7) is 7.89. The lowest BCUT2D eigenvalue weighted by atomic mass is 9.76. The zero-order valence-electron chi connectivity index (χ0n) is 12.5. The van der Waals surface area contributed by atoms with Crippen LogP contribution in [-0.4, -0.2) is 38.2 Å². The third-order valence-electron chi connectivity index (χ3n) is 5.02. The van der Waals surface area contributed by atoms with Crippen LogP contribution in [0.15, 0.2) is 41.8 Å². The molecule has 4 rings (SSSR count). The summed E-state index contributed by atoms with van der Waals surface area (Å²) in [6, 6.07) is 7.37. The number of sulfone groups is 1. The molecule has 3 fully saturated rings. The first-order valence-corrected chi connectivity index (χ1v) is 9.31. The zero-order valence-corrected chi connectivity index (χ0v) is 13.3. The summed E-state index contributed by atoms with van der Waals surface area (Å²) in [4.78, 5) is 2.80. The lowest BCUT2D eigenvalue weighted by molar-refractivity contribution is 0.0292. The SMILES string of the molecule is C=C[C@H]1CN2CC[C@H]1C[C@@H]2CS(=O)(=O)c1ccc(C)cc1. The molecule has 0 N–H and O–H groups in total. The molecule has 1 aromatic carbocycles. The first-order chi connectivity index (χ1) is 9.99. The van der Waals surface area contributed by atoms with Crippen LogP contribution in [0.2, 0.25) is 0 Å². The molecule has 0 spiro atoms. The predicted octanol–water partition coefficient (Wildman–Crippen LogP) is 2.67. The summed E-state index contributed by atoms with van der Waals surface area (Å²) in [6.07, 6.45) is 4.21. The second-order valence-electron chi connectivity index (χ2n) is 6.43. The second-order valence-corrected chi connectivity index (χ2v) is 8.46. The first kappa shape index (κ1) is 14.8. The molecule has 3 nitrogen and oxygen atoms in total. The van der Waals surface area contributed by atoms with Gasteiger partial charge in [-0.05, 0) is 50.3 Å².